The van der Waals surface area contributed by atoms with Crippen molar-refractivity contribution >= 4 is 17.8 Å². The van der Waals surface area contributed by atoms with E-state index < -0.39 is 5.41 Å². The van der Waals surface area contributed by atoms with E-state index in [1.54, 1.807) is 18.5 Å². The summed E-state index contributed by atoms with van der Waals surface area (Å²) in [5.41, 5.74) is 1.22. The Morgan fingerprint density at radius 1 is 1.12 bits per heavy atom. The first-order valence-corrected chi connectivity index (χ1v) is 11.7. The molecule has 3 heterocycles. The second-order valence-electron chi connectivity index (χ2n) is 9.61. The molecule has 0 unspecified atom stereocenters. The lowest BCUT2D eigenvalue weighted by molar-refractivity contribution is -0.132. The van der Waals surface area contributed by atoms with E-state index in [9.17, 15) is 9.59 Å². The van der Waals surface area contributed by atoms with Crippen molar-refractivity contribution < 1.29 is 9.59 Å². The zero-order chi connectivity index (χ0) is 22.1. The minimum Gasteiger partial charge on any atom is -0.355 e. The number of hydrogen-bond donors (Lipinski definition) is 1. The highest BCUT2D eigenvalue weighted by atomic mass is 16.2. The summed E-state index contributed by atoms with van der Waals surface area (Å²) in [4.78, 5) is 39.9. The van der Waals surface area contributed by atoms with Crippen molar-refractivity contribution in [2.75, 3.05) is 37.6 Å². The lowest BCUT2D eigenvalue weighted by Crippen LogP contribution is -2.48. The first-order valence-electron chi connectivity index (χ1n) is 11.7. The molecule has 2 aromatic rings. The lowest BCUT2D eigenvalue weighted by atomic mass is 9.74. The van der Waals surface area contributed by atoms with Crippen LogP contribution < -0.4 is 10.2 Å². The van der Waals surface area contributed by atoms with Gasteiger partial charge in [-0.15, -0.1) is 0 Å². The highest BCUT2D eigenvalue weighted by molar-refractivity contribution is 5.95. The van der Waals surface area contributed by atoms with Crippen molar-refractivity contribution in [3.05, 3.63) is 53.9 Å². The van der Waals surface area contributed by atoms with Gasteiger partial charge >= 0.3 is 0 Å². The molecule has 168 valence electrons. The molecule has 2 atom stereocenters. The summed E-state index contributed by atoms with van der Waals surface area (Å²) in [5, 5.41) is 3.25. The highest BCUT2D eigenvalue weighted by Crippen LogP contribution is 2.44. The predicted octanol–water partition coefficient (Wildman–Crippen LogP) is 2.67. The Bertz CT molecular complexity index is 993. The molecule has 3 aliphatic rings. The molecular weight excluding hydrogens is 402 g/mol. The molecule has 7 nitrogen and oxygen atoms in total. The van der Waals surface area contributed by atoms with Crippen LogP contribution in [-0.2, 0) is 4.79 Å². The number of fused-ring (bicyclic) bond motifs is 1. The summed E-state index contributed by atoms with van der Waals surface area (Å²) >= 11 is 0. The summed E-state index contributed by atoms with van der Waals surface area (Å²) < 4.78 is 0. The number of carbonyl (C=O) groups is 2. The molecule has 2 saturated heterocycles. The number of hydrogen-bond acceptors (Lipinski definition) is 5. The molecule has 2 aliphatic heterocycles. The summed E-state index contributed by atoms with van der Waals surface area (Å²) in [5.74, 6) is 1.53. The molecule has 3 fully saturated rings. The molecule has 7 heteroatoms. The Balaban J connectivity index is 1.41. The molecule has 2 amide bonds. The highest BCUT2D eigenvalue weighted by Gasteiger charge is 2.54. The van der Waals surface area contributed by atoms with Crippen LogP contribution in [0.15, 0.2) is 42.7 Å². The van der Waals surface area contributed by atoms with E-state index in [4.69, 9.17) is 0 Å². The molecular formula is C25H31N5O2. The predicted molar refractivity (Wildman–Crippen MR) is 122 cm³/mol. The van der Waals surface area contributed by atoms with Gasteiger partial charge in [0.25, 0.3) is 5.91 Å². The van der Waals surface area contributed by atoms with Crippen molar-refractivity contribution in [3.8, 4) is 0 Å². The Kier molecular flexibility index (Phi) is 5.57. The van der Waals surface area contributed by atoms with E-state index in [-0.39, 0.29) is 17.7 Å². The molecule has 1 aromatic heterocycles. The number of aryl methyl sites for hydroxylation is 1. The molecule has 0 spiro atoms. The zero-order valence-electron chi connectivity index (χ0n) is 18.7. The van der Waals surface area contributed by atoms with Crippen LogP contribution in [-0.4, -0.2) is 59.4 Å². The SMILES string of the molecule is Cc1ccccc1C(=O)N1CCC[C@@]2(C(=O)NCC3CC3)CN(c3ncccn3)C[C@H]2C1. The molecule has 32 heavy (non-hydrogen) atoms. The van der Waals surface area contributed by atoms with E-state index >= 15 is 0 Å². The molecule has 0 radical (unpaired) electrons. The fourth-order valence-corrected chi connectivity index (χ4v) is 5.31. The minimum atomic E-state index is -0.519. The van der Waals surface area contributed by atoms with Crippen molar-refractivity contribution in [3.63, 3.8) is 0 Å². The topological polar surface area (TPSA) is 78.4 Å². The van der Waals surface area contributed by atoms with Crippen molar-refractivity contribution in [1.82, 2.24) is 20.2 Å². The minimum absolute atomic E-state index is 0.0426. The average Bonchev–Trinajstić information content (AvgIpc) is 3.60. The number of benzene rings is 1. The third kappa shape index (κ3) is 3.96. The smallest absolute Gasteiger partial charge is 0.254 e. The van der Waals surface area contributed by atoms with Crippen LogP contribution in [0.5, 0.6) is 0 Å². The van der Waals surface area contributed by atoms with Gasteiger partial charge in [0, 0.05) is 56.6 Å². The summed E-state index contributed by atoms with van der Waals surface area (Å²) in [7, 11) is 0. The van der Waals surface area contributed by atoms with Crippen LogP contribution in [0.25, 0.3) is 0 Å². The number of rotatable bonds is 5. The molecule has 0 bridgehead atoms. The third-order valence-corrected chi connectivity index (χ3v) is 7.39. The van der Waals surface area contributed by atoms with Crippen LogP contribution in [0.4, 0.5) is 5.95 Å². The fraction of sp³-hybridized carbons (Fsp3) is 0.520. The maximum atomic E-state index is 13.6. The van der Waals surface area contributed by atoms with Crippen LogP contribution in [0, 0.1) is 24.2 Å². The van der Waals surface area contributed by atoms with Crippen LogP contribution in [0.1, 0.15) is 41.6 Å². The Morgan fingerprint density at radius 2 is 1.91 bits per heavy atom. The number of anilines is 1. The molecule has 1 N–H and O–H groups in total. The second-order valence-corrected chi connectivity index (χ2v) is 9.61. The van der Waals surface area contributed by atoms with E-state index in [1.165, 1.54) is 12.8 Å². The molecule has 5 rings (SSSR count). The number of nitrogens with zero attached hydrogens (tertiary/aromatic N) is 4. The maximum absolute atomic E-state index is 13.6. The van der Waals surface area contributed by atoms with Gasteiger partial charge in [0.2, 0.25) is 11.9 Å². The van der Waals surface area contributed by atoms with Crippen molar-refractivity contribution in [2.45, 2.75) is 32.6 Å². The van der Waals surface area contributed by atoms with E-state index in [0.29, 0.717) is 38.0 Å². The van der Waals surface area contributed by atoms with E-state index in [0.717, 1.165) is 30.5 Å². The first kappa shape index (κ1) is 20.9. The number of nitrogens with one attached hydrogen (secondary N) is 1. The van der Waals surface area contributed by atoms with Gasteiger partial charge in [0.1, 0.15) is 0 Å². The number of aromatic nitrogens is 2. The monoisotopic (exact) mass is 433 g/mol. The summed E-state index contributed by atoms with van der Waals surface area (Å²) in [6.45, 7) is 5.28. The Labute approximate surface area is 189 Å². The van der Waals surface area contributed by atoms with Gasteiger partial charge < -0.3 is 15.1 Å². The van der Waals surface area contributed by atoms with Crippen LogP contribution >= 0.6 is 0 Å². The number of carbonyl (C=O) groups excluding carboxylic acids is 2. The summed E-state index contributed by atoms with van der Waals surface area (Å²) in [6, 6.07) is 9.55. The number of likely N-dealkylation sites (tertiary alicyclic amines) is 1. The van der Waals surface area contributed by atoms with Crippen LogP contribution in [0.2, 0.25) is 0 Å². The second kappa shape index (κ2) is 8.52. The number of amides is 2. The lowest BCUT2D eigenvalue weighted by Gasteiger charge is -2.32. The van der Waals surface area contributed by atoms with Gasteiger partial charge in [-0.3, -0.25) is 9.59 Å². The molecule has 1 aliphatic carbocycles. The fourth-order valence-electron chi connectivity index (χ4n) is 5.31. The normalized spacial score (nSPS) is 25.2. The molecule has 1 aromatic carbocycles. The third-order valence-electron chi connectivity index (χ3n) is 7.39. The quantitative estimate of drug-likeness (QED) is 0.784. The largest absolute Gasteiger partial charge is 0.355 e. The van der Waals surface area contributed by atoms with E-state index in [2.05, 4.69) is 20.2 Å². The van der Waals surface area contributed by atoms with Crippen molar-refractivity contribution in [1.29, 1.82) is 0 Å². The zero-order valence-corrected chi connectivity index (χ0v) is 18.7. The van der Waals surface area contributed by atoms with Gasteiger partial charge in [-0.25, -0.2) is 9.97 Å². The van der Waals surface area contributed by atoms with Gasteiger partial charge in [-0.05, 0) is 56.2 Å². The van der Waals surface area contributed by atoms with Crippen LogP contribution in [0.3, 0.4) is 0 Å². The van der Waals surface area contributed by atoms with Crippen molar-refractivity contribution in [2.24, 2.45) is 17.3 Å². The average molecular weight is 434 g/mol. The standard InChI is InChI=1S/C25H31N5O2/c1-18-6-2-3-7-21(18)22(31)29-13-4-10-25(23(32)28-14-19-8-9-19)17-30(16-20(25)15-29)24-26-11-5-12-27-24/h2-3,5-7,11-12,19-20H,4,8-10,13-17H2,1H3,(H,28,32)/t20-,25-/m1/s1. The summed E-state index contributed by atoms with van der Waals surface area (Å²) in [6.07, 6.45) is 7.48. The van der Waals surface area contributed by atoms with E-state index in [1.807, 2.05) is 36.1 Å². The first-order chi connectivity index (χ1) is 15.6. The Morgan fingerprint density at radius 3 is 2.66 bits per heavy atom. The Hall–Kier alpha value is -2.96. The molecule has 1 saturated carbocycles. The van der Waals surface area contributed by atoms with Gasteiger partial charge in [0.05, 0.1) is 5.41 Å². The van der Waals surface area contributed by atoms with Gasteiger partial charge in [-0.1, -0.05) is 18.2 Å². The maximum Gasteiger partial charge on any atom is 0.254 e. The van der Waals surface area contributed by atoms with Gasteiger partial charge in [0.15, 0.2) is 0 Å². The van der Waals surface area contributed by atoms with Gasteiger partial charge in [-0.2, -0.15) is 0 Å².